The number of hydrogen-bond donors (Lipinski definition) is 2. The molecule has 0 bridgehead atoms. The second-order valence-corrected chi connectivity index (χ2v) is 7.76. The molecule has 3 aromatic carbocycles. The van der Waals surface area contributed by atoms with Crippen LogP contribution in [0.15, 0.2) is 81.4 Å². The first-order valence-electron chi connectivity index (χ1n) is 10.7. The number of amides is 1. The number of hydrogen-bond acceptors (Lipinski definition) is 6. The van der Waals surface area contributed by atoms with Crippen molar-refractivity contribution in [1.82, 2.24) is 9.66 Å². The Morgan fingerprint density at radius 3 is 2.60 bits per heavy atom. The number of anilines is 1. The zero-order chi connectivity index (χ0) is 24.8. The van der Waals surface area contributed by atoms with Crippen molar-refractivity contribution in [2.45, 2.75) is 6.92 Å². The summed E-state index contributed by atoms with van der Waals surface area (Å²) in [5.74, 6) is 0.391. The number of aromatic amines is 1. The smallest absolute Gasteiger partial charge is 0.349 e. The highest BCUT2D eigenvalue weighted by molar-refractivity contribution is 6.30. The van der Waals surface area contributed by atoms with Crippen molar-refractivity contribution in [3.63, 3.8) is 0 Å². The number of H-pyrrole nitrogens is 1. The molecule has 178 valence electrons. The van der Waals surface area contributed by atoms with Crippen LogP contribution >= 0.6 is 11.6 Å². The predicted octanol–water partition coefficient (Wildman–Crippen LogP) is 3.64. The van der Waals surface area contributed by atoms with Crippen LogP contribution < -0.4 is 26.0 Å². The van der Waals surface area contributed by atoms with Gasteiger partial charge < -0.3 is 19.8 Å². The molecule has 1 amide bonds. The average molecular weight is 493 g/mol. The van der Waals surface area contributed by atoms with Crippen molar-refractivity contribution in [3.8, 4) is 11.5 Å². The summed E-state index contributed by atoms with van der Waals surface area (Å²) in [7, 11) is 0. The van der Waals surface area contributed by atoms with Crippen LogP contribution in [0.5, 0.6) is 11.5 Å². The summed E-state index contributed by atoms with van der Waals surface area (Å²) < 4.78 is 12.0. The molecule has 35 heavy (non-hydrogen) atoms. The number of ether oxygens (including phenoxy) is 2. The first kappa shape index (κ1) is 23.8. The average Bonchev–Trinajstić information content (AvgIpc) is 2.85. The van der Waals surface area contributed by atoms with Crippen molar-refractivity contribution in [2.24, 2.45) is 5.10 Å². The zero-order valence-corrected chi connectivity index (χ0v) is 19.4. The minimum atomic E-state index is -0.651. The lowest BCUT2D eigenvalue weighted by Gasteiger charge is -2.12. The summed E-state index contributed by atoms with van der Waals surface area (Å²) in [5.41, 5.74) is 0.414. The van der Waals surface area contributed by atoms with E-state index in [1.54, 1.807) is 66.7 Å². The highest BCUT2D eigenvalue weighted by atomic mass is 35.5. The third kappa shape index (κ3) is 5.77. The molecule has 0 aliphatic heterocycles. The van der Waals surface area contributed by atoms with Gasteiger partial charge in [0.25, 0.3) is 11.5 Å². The molecule has 0 radical (unpaired) electrons. The van der Waals surface area contributed by atoms with Crippen molar-refractivity contribution >= 4 is 40.3 Å². The number of nitrogens with one attached hydrogen (secondary N) is 2. The van der Waals surface area contributed by atoms with Gasteiger partial charge in [-0.1, -0.05) is 23.7 Å². The lowest BCUT2D eigenvalue weighted by Crippen LogP contribution is -2.32. The van der Waals surface area contributed by atoms with Crippen LogP contribution in [0.2, 0.25) is 5.02 Å². The van der Waals surface area contributed by atoms with E-state index in [0.29, 0.717) is 45.3 Å². The van der Waals surface area contributed by atoms with Crippen molar-refractivity contribution < 1.29 is 14.3 Å². The number of benzene rings is 3. The summed E-state index contributed by atoms with van der Waals surface area (Å²) in [4.78, 5) is 39.8. The monoisotopic (exact) mass is 492 g/mol. The quantitative estimate of drug-likeness (QED) is 0.364. The minimum absolute atomic E-state index is 0.238. The third-order valence-corrected chi connectivity index (χ3v) is 5.11. The lowest BCUT2D eigenvalue weighted by molar-refractivity contribution is -0.118. The Morgan fingerprint density at radius 1 is 1.06 bits per heavy atom. The van der Waals surface area contributed by atoms with E-state index in [9.17, 15) is 14.4 Å². The number of fused-ring (bicyclic) bond motifs is 1. The van der Waals surface area contributed by atoms with Crippen molar-refractivity contribution in [1.29, 1.82) is 0 Å². The summed E-state index contributed by atoms with van der Waals surface area (Å²) in [6.07, 6.45) is 1.37. The third-order valence-electron chi connectivity index (χ3n) is 4.86. The van der Waals surface area contributed by atoms with Gasteiger partial charge >= 0.3 is 5.69 Å². The maximum atomic E-state index is 12.6. The molecule has 0 unspecified atom stereocenters. The first-order chi connectivity index (χ1) is 16.9. The van der Waals surface area contributed by atoms with Crippen LogP contribution in [-0.4, -0.2) is 35.0 Å². The van der Waals surface area contributed by atoms with Gasteiger partial charge in [-0.2, -0.15) is 5.10 Å². The molecule has 4 aromatic rings. The Kier molecular flexibility index (Phi) is 7.27. The van der Waals surface area contributed by atoms with Gasteiger partial charge in [0.1, 0.15) is 0 Å². The van der Waals surface area contributed by atoms with Crippen LogP contribution in [0.1, 0.15) is 12.5 Å². The summed E-state index contributed by atoms with van der Waals surface area (Å²) >= 11 is 5.85. The van der Waals surface area contributed by atoms with Gasteiger partial charge in [-0.05, 0) is 67.1 Å². The molecule has 0 atom stereocenters. The predicted molar refractivity (Wildman–Crippen MR) is 135 cm³/mol. The van der Waals surface area contributed by atoms with Crippen molar-refractivity contribution in [2.75, 3.05) is 18.5 Å². The first-order valence-corrected chi connectivity index (χ1v) is 11.1. The molecule has 0 aliphatic carbocycles. The Bertz CT molecular complexity index is 1510. The van der Waals surface area contributed by atoms with E-state index >= 15 is 0 Å². The second kappa shape index (κ2) is 10.7. The Balaban J connectivity index is 1.50. The number of halogens is 1. The van der Waals surface area contributed by atoms with E-state index in [1.807, 2.05) is 6.92 Å². The number of carbonyl (C=O) groups is 1. The van der Waals surface area contributed by atoms with Gasteiger partial charge in [0, 0.05) is 10.7 Å². The number of aromatic nitrogens is 2. The Hall–Kier alpha value is -4.37. The highest BCUT2D eigenvalue weighted by Gasteiger charge is 2.10. The highest BCUT2D eigenvalue weighted by Crippen LogP contribution is 2.28. The topological polar surface area (TPSA) is 115 Å². The molecular weight excluding hydrogens is 472 g/mol. The molecule has 2 N–H and O–H groups in total. The van der Waals surface area contributed by atoms with Gasteiger partial charge in [-0.15, -0.1) is 4.68 Å². The normalized spacial score (nSPS) is 11.0. The van der Waals surface area contributed by atoms with E-state index in [0.717, 1.165) is 4.68 Å². The minimum Gasteiger partial charge on any atom is -0.490 e. The molecule has 0 saturated heterocycles. The molecule has 4 rings (SSSR count). The van der Waals surface area contributed by atoms with Crippen molar-refractivity contribution in [3.05, 3.63) is 98.2 Å². The molecule has 9 nitrogen and oxygen atoms in total. The Morgan fingerprint density at radius 2 is 1.83 bits per heavy atom. The molecule has 0 aliphatic rings. The molecule has 0 spiro atoms. The number of rotatable bonds is 8. The molecule has 10 heteroatoms. The van der Waals surface area contributed by atoms with Gasteiger partial charge in [0.05, 0.1) is 23.7 Å². The molecule has 0 fully saturated rings. The fraction of sp³-hybridized carbons (Fsp3) is 0.120. The van der Waals surface area contributed by atoms with E-state index < -0.39 is 11.2 Å². The van der Waals surface area contributed by atoms with E-state index in [-0.39, 0.29) is 12.5 Å². The zero-order valence-electron chi connectivity index (χ0n) is 18.7. The largest absolute Gasteiger partial charge is 0.490 e. The van der Waals surface area contributed by atoms with Gasteiger partial charge in [0.2, 0.25) is 0 Å². The van der Waals surface area contributed by atoms with Crippen LogP contribution in [0.25, 0.3) is 10.9 Å². The van der Waals surface area contributed by atoms with Crippen LogP contribution in [-0.2, 0) is 4.79 Å². The van der Waals surface area contributed by atoms with E-state index in [2.05, 4.69) is 15.4 Å². The number of carbonyl (C=O) groups excluding carboxylic acids is 1. The summed E-state index contributed by atoms with van der Waals surface area (Å²) in [6.45, 7) is 1.93. The van der Waals surface area contributed by atoms with Gasteiger partial charge in [0.15, 0.2) is 18.1 Å². The Labute approximate surface area is 204 Å². The molecule has 1 aromatic heterocycles. The van der Waals surface area contributed by atoms with Crippen LogP contribution in [0, 0.1) is 0 Å². The molecule has 0 saturated carbocycles. The van der Waals surface area contributed by atoms with Crippen LogP contribution in [0.4, 0.5) is 5.69 Å². The fourth-order valence-electron chi connectivity index (χ4n) is 3.25. The number of para-hydroxylation sites is 1. The maximum Gasteiger partial charge on any atom is 0.349 e. The maximum absolute atomic E-state index is 12.6. The fourth-order valence-corrected chi connectivity index (χ4v) is 3.37. The van der Waals surface area contributed by atoms with Gasteiger partial charge in [-0.25, -0.2) is 4.79 Å². The molecule has 1 heterocycles. The second-order valence-electron chi connectivity index (χ2n) is 7.32. The van der Waals surface area contributed by atoms with Gasteiger partial charge in [-0.3, -0.25) is 9.59 Å². The summed E-state index contributed by atoms with van der Waals surface area (Å²) in [6, 6.07) is 18.3. The SMILES string of the molecule is CCOc1cc(C=Nn2c(=O)[nH]c3ccccc3c2=O)ccc1OCC(=O)Nc1ccc(Cl)cc1. The summed E-state index contributed by atoms with van der Waals surface area (Å²) in [5, 5.41) is 7.68. The van der Waals surface area contributed by atoms with E-state index in [1.165, 1.54) is 6.21 Å². The van der Waals surface area contributed by atoms with E-state index in [4.69, 9.17) is 21.1 Å². The standard InChI is InChI=1S/C25H21ClN4O5/c1-2-34-22-13-16(14-27-30-24(32)19-5-3-4-6-20(19)29-25(30)33)7-12-21(22)35-15-23(31)28-18-10-8-17(26)9-11-18/h3-14H,2,15H2,1H3,(H,28,31)(H,29,33). The molecular formula is C25H21ClN4O5. The lowest BCUT2D eigenvalue weighted by atomic mass is 10.2. The van der Waals surface area contributed by atoms with Crippen LogP contribution in [0.3, 0.4) is 0 Å². The number of nitrogens with zero attached hydrogens (tertiary/aromatic N) is 2.